The standard InChI is InChI=1S/C4H6.C3H8.C3H6/c1-3-4-2;2*1-3-2/h3-4H,1-2H2;3H2,1-2H3;3H,1H2,2H3. The molecule has 0 saturated carbocycles. The molecule has 0 spiro atoms. The molecule has 0 aliphatic carbocycles. The predicted molar refractivity (Wildman–Crippen MR) is 52.2 cm³/mol. The molecule has 0 amide bonds. The summed E-state index contributed by atoms with van der Waals surface area (Å²) in [7, 11) is 0. The molecule has 10 heavy (non-hydrogen) atoms. The molecule has 0 aliphatic rings. The monoisotopic (exact) mass is 140 g/mol. The van der Waals surface area contributed by atoms with E-state index in [-0.39, 0.29) is 0 Å². The quantitative estimate of drug-likeness (QED) is 0.382. The van der Waals surface area contributed by atoms with Crippen LogP contribution in [0.15, 0.2) is 38.0 Å². The summed E-state index contributed by atoms with van der Waals surface area (Å²) in [5, 5.41) is 0. The first-order valence-electron chi connectivity index (χ1n) is 3.55. The second-order valence-electron chi connectivity index (χ2n) is 1.59. The summed E-state index contributed by atoms with van der Waals surface area (Å²) in [6.45, 7) is 16.2. The third-order valence-corrected chi connectivity index (χ3v) is 0.167. The summed E-state index contributed by atoms with van der Waals surface area (Å²) in [6, 6.07) is 0. The molecule has 0 aliphatic heterocycles. The normalized spacial score (nSPS) is 5.10. The molecule has 0 N–H and O–H groups in total. The largest absolute Gasteiger partial charge is 0.103 e. The van der Waals surface area contributed by atoms with Gasteiger partial charge in [-0.1, -0.05) is 51.7 Å². The van der Waals surface area contributed by atoms with Gasteiger partial charge in [-0.3, -0.25) is 0 Å². The van der Waals surface area contributed by atoms with Crippen LogP contribution in [0.1, 0.15) is 27.2 Å². The van der Waals surface area contributed by atoms with E-state index in [1.54, 1.807) is 18.2 Å². The van der Waals surface area contributed by atoms with E-state index < -0.39 is 0 Å². The molecule has 0 heterocycles. The fourth-order valence-electron chi connectivity index (χ4n) is 0. The Bertz CT molecular complexity index is 54.4. The highest BCUT2D eigenvalue weighted by molar-refractivity contribution is 4.88. The Morgan fingerprint density at radius 3 is 1.10 bits per heavy atom. The number of rotatable bonds is 1. The van der Waals surface area contributed by atoms with Crippen molar-refractivity contribution in [1.82, 2.24) is 0 Å². The van der Waals surface area contributed by atoms with Gasteiger partial charge < -0.3 is 0 Å². The first-order chi connectivity index (χ1) is 4.74. The van der Waals surface area contributed by atoms with Crippen LogP contribution in [0, 0.1) is 0 Å². The van der Waals surface area contributed by atoms with E-state index in [1.807, 2.05) is 6.92 Å². The molecule has 0 nitrogen and oxygen atoms in total. The molecule has 0 fully saturated rings. The van der Waals surface area contributed by atoms with Crippen LogP contribution in [0.25, 0.3) is 0 Å². The Labute approximate surface area is 66.0 Å². The van der Waals surface area contributed by atoms with Gasteiger partial charge in [0.25, 0.3) is 0 Å². The van der Waals surface area contributed by atoms with Gasteiger partial charge in [-0.25, -0.2) is 0 Å². The molecule has 0 saturated heterocycles. The molecule has 0 radical (unpaired) electrons. The average Bonchev–Trinajstić information content (AvgIpc) is 1.91. The highest BCUT2D eigenvalue weighted by Gasteiger charge is 1.35. The third-order valence-electron chi connectivity index (χ3n) is 0.167. The zero-order valence-corrected chi connectivity index (χ0v) is 7.56. The fraction of sp³-hybridized carbons (Fsp3) is 0.400. The van der Waals surface area contributed by atoms with Crippen molar-refractivity contribution in [2.75, 3.05) is 0 Å². The highest BCUT2D eigenvalue weighted by atomic mass is 13.4. The summed E-state index contributed by atoms with van der Waals surface area (Å²) >= 11 is 0. The van der Waals surface area contributed by atoms with E-state index in [9.17, 15) is 0 Å². The number of hydrogen-bond donors (Lipinski definition) is 0. The van der Waals surface area contributed by atoms with Crippen molar-refractivity contribution in [1.29, 1.82) is 0 Å². The van der Waals surface area contributed by atoms with Gasteiger partial charge in [0, 0.05) is 0 Å². The van der Waals surface area contributed by atoms with Crippen molar-refractivity contribution in [3.63, 3.8) is 0 Å². The average molecular weight is 140 g/mol. The molecule has 0 aromatic carbocycles. The zero-order chi connectivity index (χ0) is 8.83. The molecule has 0 bridgehead atoms. The van der Waals surface area contributed by atoms with Gasteiger partial charge in [-0.2, -0.15) is 0 Å². The van der Waals surface area contributed by atoms with Crippen LogP contribution in [0.4, 0.5) is 0 Å². The molecule has 0 heteroatoms. The Hall–Kier alpha value is -0.780. The van der Waals surface area contributed by atoms with E-state index in [4.69, 9.17) is 0 Å². The second kappa shape index (κ2) is 41.3. The molecule has 60 valence electrons. The van der Waals surface area contributed by atoms with Gasteiger partial charge in [-0.05, 0) is 6.92 Å². The van der Waals surface area contributed by atoms with Gasteiger partial charge in [-0.15, -0.1) is 6.58 Å². The molecule has 0 unspecified atom stereocenters. The summed E-state index contributed by atoms with van der Waals surface area (Å²) in [5.41, 5.74) is 0. The van der Waals surface area contributed by atoms with Crippen LogP contribution in [0.2, 0.25) is 0 Å². The number of hydrogen-bond acceptors (Lipinski definition) is 0. The SMILES string of the molecule is C=CC.C=CC=C.CCC. The van der Waals surface area contributed by atoms with Gasteiger partial charge in [0.05, 0.1) is 0 Å². The van der Waals surface area contributed by atoms with E-state index in [1.165, 1.54) is 6.42 Å². The topological polar surface area (TPSA) is 0 Å². The van der Waals surface area contributed by atoms with Gasteiger partial charge >= 0.3 is 0 Å². The van der Waals surface area contributed by atoms with Crippen LogP contribution >= 0.6 is 0 Å². The Balaban J connectivity index is -0.0000000750. The number of allylic oxidation sites excluding steroid dienone is 3. The summed E-state index contributed by atoms with van der Waals surface area (Å²) in [4.78, 5) is 0. The minimum Gasteiger partial charge on any atom is -0.103 e. The van der Waals surface area contributed by atoms with Crippen molar-refractivity contribution < 1.29 is 0 Å². The summed E-state index contributed by atoms with van der Waals surface area (Å²) in [5.74, 6) is 0. The first-order valence-corrected chi connectivity index (χ1v) is 3.55. The lowest BCUT2D eigenvalue weighted by atomic mass is 10.6. The first kappa shape index (κ1) is 16.1. The van der Waals surface area contributed by atoms with Gasteiger partial charge in [0.15, 0.2) is 0 Å². The van der Waals surface area contributed by atoms with Gasteiger partial charge in [0.1, 0.15) is 0 Å². The summed E-state index contributed by atoms with van der Waals surface area (Å²) < 4.78 is 0. The van der Waals surface area contributed by atoms with Crippen LogP contribution in [0.3, 0.4) is 0 Å². The van der Waals surface area contributed by atoms with E-state index in [0.717, 1.165) is 0 Å². The lowest BCUT2D eigenvalue weighted by molar-refractivity contribution is 1.09. The molecule has 0 aromatic rings. The Morgan fingerprint density at radius 2 is 1.10 bits per heavy atom. The predicted octanol–water partition coefficient (Wildman–Crippen LogP) is 3.97. The lowest BCUT2D eigenvalue weighted by Crippen LogP contribution is -1.27. The molecular formula is C10H20. The highest BCUT2D eigenvalue weighted by Crippen LogP contribution is 1.56. The van der Waals surface area contributed by atoms with Crippen LogP contribution in [-0.2, 0) is 0 Å². The maximum Gasteiger partial charge on any atom is -0.0473 e. The van der Waals surface area contributed by atoms with Crippen molar-refractivity contribution >= 4 is 0 Å². The fourth-order valence-corrected chi connectivity index (χ4v) is 0. The Morgan fingerprint density at radius 1 is 1.00 bits per heavy atom. The maximum absolute atomic E-state index is 3.36. The van der Waals surface area contributed by atoms with Gasteiger partial charge in [0.2, 0.25) is 0 Å². The van der Waals surface area contributed by atoms with E-state index in [0.29, 0.717) is 0 Å². The molecular weight excluding hydrogens is 120 g/mol. The smallest absolute Gasteiger partial charge is 0.0473 e. The van der Waals surface area contributed by atoms with Crippen molar-refractivity contribution in [2.45, 2.75) is 27.2 Å². The maximum atomic E-state index is 3.36. The minimum absolute atomic E-state index is 1.25. The third kappa shape index (κ3) is 5770. The van der Waals surface area contributed by atoms with Crippen molar-refractivity contribution in [2.24, 2.45) is 0 Å². The van der Waals surface area contributed by atoms with E-state index >= 15 is 0 Å². The van der Waals surface area contributed by atoms with Crippen LogP contribution in [0.5, 0.6) is 0 Å². The Kier molecular flexibility index (Phi) is 66.5. The van der Waals surface area contributed by atoms with Crippen molar-refractivity contribution in [3.8, 4) is 0 Å². The minimum atomic E-state index is 1.25. The van der Waals surface area contributed by atoms with Crippen molar-refractivity contribution in [3.05, 3.63) is 38.0 Å². The molecule has 0 atom stereocenters. The van der Waals surface area contributed by atoms with Crippen LogP contribution < -0.4 is 0 Å². The van der Waals surface area contributed by atoms with E-state index in [2.05, 4.69) is 33.6 Å². The molecule has 0 rings (SSSR count). The zero-order valence-electron chi connectivity index (χ0n) is 7.56. The summed E-state index contributed by atoms with van der Waals surface area (Å²) in [6.07, 6.45) is 6.28. The molecule has 0 aromatic heterocycles. The van der Waals surface area contributed by atoms with Crippen LogP contribution in [-0.4, -0.2) is 0 Å². The second-order valence-corrected chi connectivity index (χ2v) is 1.59. The lowest BCUT2D eigenvalue weighted by Gasteiger charge is -1.48.